The summed E-state index contributed by atoms with van der Waals surface area (Å²) >= 11 is 0. The van der Waals surface area contributed by atoms with Crippen LogP contribution in [0, 0.1) is 10.1 Å². The number of aliphatic hydroxyl groups is 1. The molecular formula is C23H20N4O5. The van der Waals surface area contributed by atoms with E-state index in [1.165, 1.54) is 29.2 Å². The lowest BCUT2D eigenvalue weighted by Gasteiger charge is -2.25. The summed E-state index contributed by atoms with van der Waals surface area (Å²) < 4.78 is 1.86. The van der Waals surface area contributed by atoms with Crippen molar-refractivity contribution in [2.75, 3.05) is 6.54 Å². The molecule has 0 saturated carbocycles. The minimum atomic E-state index is -0.848. The Balaban J connectivity index is 1.73. The molecule has 4 rings (SSSR count). The van der Waals surface area contributed by atoms with E-state index in [0.717, 1.165) is 0 Å². The number of Topliss-reactive ketones (excluding diaryl/α,β-unsaturated/α-hetero) is 1. The Morgan fingerprint density at radius 1 is 1.06 bits per heavy atom. The molecule has 1 fully saturated rings. The van der Waals surface area contributed by atoms with Crippen LogP contribution in [0.1, 0.15) is 23.6 Å². The molecule has 3 aromatic rings. The summed E-state index contributed by atoms with van der Waals surface area (Å²) in [7, 11) is 0. The number of likely N-dealkylation sites (tertiary alicyclic amines) is 1. The topological polar surface area (TPSA) is 119 Å². The minimum absolute atomic E-state index is 0.0299. The van der Waals surface area contributed by atoms with E-state index >= 15 is 0 Å². The summed E-state index contributed by atoms with van der Waals surface area (Å²) in [5.41, 5.74) is 0.789. The van der Waals surface area contributed by atoms with Gasteiger partial charge in [-0.2, -0.15) is 0 Å². The van der Waals surface area contributed by atoms with Crippen molar-refractivity contribution in [3.63, 3.8) is 0 Å². The Morgan fingerprint density at radius 2 is 1.78 bits per heavy atom. The van der Waals surface area contributed by atoms with Gasteiger partial charge < -0.3 is 14.6 Å². The van der Waals surface area contributed by atoms with Crippen molar-refractivity contribution in [2.24, 2.45) is 0 Å². The number of nitro groups is 1. The Kier molecular flexibility index (Phi) is 5.80. The van der Waals surface area contributed by atoms with Gasteiger partial charge in [-0.1, -0.05) is 30.3 Å². The van der Waals surface area contributed by atoms with Crippen molar-refractivity contribution in [1.82, 2.24) is 14.5 Å². The van der Waals surface area contributed by atoms with E-state index < -0.39 is 22.7 Å². The predicted octanol–water partition coefficient (Wildman–Crippen LogP) is 3.30. The van der Waals surface area contributed by atoms with Crippen LogP contribution in [-0.4, -0.2) is 42.7 Å². The standard InChI is InChI=1S/C23H20N4O5/c28-21(17-5-2-1-3-6-17)19-20(16-7-9-18(10-8-16)27(31)32)26(23(30)22(19)29)13-4-12-25-14-11-24-15-25/h1-3,5-11,14-15,20,28H,4,12-13H2/b21-19-. The number of non-ortho nitro benzene ring substituents is 1. The highest BCUT2D eigenvalue weighted by Crippen LogP contribution is 2.39. The van der Waals surface area contributed by atoms with Gasteiger partial charge in [0.1, 0.15) is 5.76 Å². The molecule has 1 amide bonds. The number of nitro benzene ring substituents is 1. The number of aryl methyl sites for hydroxylation is 1. The van der Waals surface area contributed by atoms with Gasteiger partial charge >= 0.3 is 0 Å². The number of imidazole rings is 1. The lowest BCUT2D eigenvalue weighted by atomic mass is 9.95. The quantitative estimate of drug-likeness (QED) is 0.201. The van der Waals surface area contributed by atoms with Crippen LogP contribution in [0.15, 0.2) is 78.9 Å². The summed E-state index contributed by atoms with van der Waals surface area (Å²) in [6.07, 6.45) is 5.68. The van der Waals surface area contributed by atoms with Gasteiger partial charge in [-0.05, 0) is 24.1 Å². The SMILES string of the molecule is O=C1C(=O)N(CCCn2ccnc2)C(c2ccc([N+](=O)[O-])cc2)/C1=C(/O)c1ccccc1. The van der Waals surface area contributed by atoms with Gasteiger partial charge in [0, 0.05) is 43.2 Å². The lowest BCUT2D eigenvalue weighted by Crippen LogP contribution is -2.31. The lowest BCUT2D eigenvalue weighted by molar-refractivity contribution is -0.384. The molecule has 0 aliphatic carbocycles. The molecule has 1 aliphatic rings. The van der Waals surface area contributed by atoms with Gasteiger partial charge in [0.15, 0.2) is 0 Å². The van der Waals surface area contributed by atoms with Gasteiger partial charge in [-0.15, -0.1) is 0 Å². The van der Waals surface area contributed by atoms with E-state index in [-0.39, 0.29) is 23.6 Å². The molecule has 0 spiro atoms. The number of carbonyl (C=O) groups is 2. The van der Waals surface area contributed by atoms with Gasteiger partial charge in [0.2, 0.25) is 0 Å². The second kappa shape index (κ2) is 8.84. The molecule has 2 heterocycles. The van der Waals surface area contributed by atoms with Crippen LogP contribution in [0.3, 0.4) is 0 Å². The number of aliphatic hydroxyl groups excluding tert-OH is 1. The molecule has 0 radical (unpaired) electrons. The number of hydrogen-bond acceptors (Lipinski definition) is 6. The fourth-order valence-corrected chi connectivity index (χ4v) is 3.83. The summed E-state index contributed by atoms with van der Waals surface area (Å²) in [6.45, 7) is 0.852. The Labute approximate surface area is 183 Å². The number of nitrogens with zero attached hydrogens (tertiary/aromatic N) is 4. The molecule has 1 atom stereocenters. The van der Waals surface area contributed by atoms with Crippen LogP contribution in [0.5, 0.6) is 0 Å². The first-order valence-electron chi connectivity index (χ1n) is 10.0. The van der Waals surface area contributed by atoms with Crippen molar-refractivity contribution >= 4 is 23.1 Å². The average Bonchev–Trinajstić information content (AvgIpc) is 3.41. The Morgan fingerprint density at radius 3 is 2.41 bits per heavy atom. The predicted molar refractivity (Wildman–Crippen MR) is 115 cm³/mol. The second-order valence-electron chi connectivity index (χ2n) is 7.36. The number of hydrogen-bond donors (Lipinski definition) is 1. The highest BCUT2D eigenvalue weighted by atomic mass is 16.6. The minimum Gasteiger partial charge on any atom is -0.507 e. The Hall–Kier alpha value is -4.27. The van der Waals surface area contributed by atoms with Crippen molar-refractivity contribution in [1.29, 1.82) is 0 Å². The molecule has 1 saturated heterocycles. The molecule has 9 heteroatoms. The number of amides is 1. The molecule has 1 aliphatic heterocycles. The number of rotatable bonds is 7. The van der Waals surface area contributed by atoms with Crippen molar-refractivity contribution in [3.05, 3.63) is 100 Å². The maximum Gasteiger partial charge on any atom is 0.295 e. The van der Waals surface area contributed by atoms with Crippen LogP contribution in [-0.2, 0) is 16.1 Å². The summed E-state index contributed by atoms with van der Waals surface area (Å²) in [6, 6.07) is 13.3. The van der Waals surface area contributed by atoms with Gasteiger partial charge in [-0.25, -0.2) is 4.98 Å². The first-order valence-corrected chi connectivity index (χ1v) is 10.0. The van der Waals surface area contributed by atoms with E-state index in [4.69, 9.17) is 0 Å². The first kappa shape index (κ1) is 21.0. The fourth-order valence-electron chi connectivity index (χ4n) is 3.83. The molecule has 2 aromatic carbocycles. The highest BCUT2D eigenvalue weighted by Gasteiger charge is 2.45. The number of carbonyl (C=O) groups excluding carboxylic acids is 2. The van der Waals surface area contributed by atoms with Crippen LogP contribution in [0.2, 0.25) is 0 Å². The average molecular weight is 432 g/mol. The van der Waals surface area contributed by atoms with Crippen molar-refractivity contribution in [2.45, 2.75) is 19.0 Å². The molecule has 1 aromatic heterocycles. The monoisotopic (exact) mass is 432 g/mol. The van der Waals surface area contributed by atoms with E-state index in [9.17, 15) is 24.8 Å². The number of ketones is 1. The fraction of sp³-hybridized carbons (Fsp3) is 0.174. The largest absolute Gasteiger partial charge is 0.507 e. The first-order chi connectivity index (χ1) is 15.5. The second-order valence-corrected chi connectivity index (χ2v) is 7.36. The van der Waals surface area contributed by atoms with E-state index in [2.05, 4.69) is 4.98 Å². The van der Waals surface area contributed by atoms with Gasteiger partial charge in [0.25, 0.3) is 17.4 Å². The zero-order chi connectivity index (χ0) is 22.7. The normalized spacial score (nSPS) is 17.6. The number of aromatic nitrogens is 2. The van der Waals surface area contributed by atoms with Gasteiger partial charge in [0.05, 0.1) is 22.9 Å². The molecule has 32 heavy (non-hydrogen) atoms. The smallest absolute Gasteiger partial charge is 0.295 e. The highest BCUT2D eigenvalue weighted by molar-refractivity contribution is 6.46. The van der Waals surface area contributed by atoms with Crippen molar-refractivity contribution in [3.8, 4) is 0 Å². The van der Waals surface area contributed by atoms with Gasteiger partial charge in [-0.3, -0.25) is 19.7 Å². The third-order valence-corrected chi connectivity index (χ3v) is 5.38. The molecule has 0 bridgehead atoms. The molecular weight excluding hydrogens is 412 g/mol. The summed E-state index contributed by atoms with van der Waals surface area (Å²) in [5.74, 6) is -1.77. The molecule has 162 valence electrons. The summed E-state index contributed by atoms with van der Waals surface area (Å²) in [5, 5.41) is 22.0. The maximum atomic E-state index is 12.9. The molecule has 1 unspecified atom stereocenters. The Bertz CT molecular complexity index is 1170. The van der Waals surface area contributed by atoms with E-state index in [0.29, 0.717) is 24.1 Å². The van der Waals surface area contributed by atoms with Crippen LogP contribution in [0.25, 0.3) is 5.76 Å². The van der Waals surface area contributed by atoms with E-state index in [1.54, 1.807) is 49.1 Å². The zero-order valence-electron chi connectivity index (χ0n) is 17.0. The van der Waals surface area contributed by atoms with Crippen LogP contribution < -0.4 is 0 Å². The third kappa shape index (κ3) is 4.00. The summed E-state index contributed by atoms with van der Waals surface area (Å²) in [4.78, 5) is 41.8. The van der Waals surface area contributed by atoms with Crippen LogP contribution in [0.4, 0.5) is 5.69 Å². The third-order valence-electron chi connectivity index (χ3n) is 5.38. The number of benzene rings is 2. The zero-order valence-corrected chi connectivity index (χ0v) is 17.0. The molecule has 9 nitrogen and oxygen atoms in total. The molecule has 1 N–H and O–H groups in total. The van der Waals surface area contributed by atoms with Crippen molar-refractivity contribution < 1.29 is 19.6 Å². The van der Waals surface area contributed by atoms with Crippen LogP contribution >= 0.6 is 0 Å². The van der Waals surface area contributed by atoms with E-state index in [1.807, 2.05) is 4.57 Å². The maximum absolute atomic E-state index is 12.9.